The summed E-state index contributed by atoms with van der Waals surface area (Å²) < 4.78 is 5.25. The van der Waals surface area contributed by atoms with E-state index in [1.807, 2.05) is 0 Å². The molecule has 0 spiro atoms. The Kier molecular flexibility index (Phi) is 4.65. The second kappa shape index (κ2) is 7.45. The molecule has 6 atom stereocenters. The predicted octanol–water partition coefficient (Wildman–Crippen LogP) is -0.0690. The van der Waals surface area contributed by atoms with Crippen LogP contribution in [0.5, 0.6) is 0 Å². The molecule has 2 saturated heterocycles. The molecule has 4 amide bonds. The van der Waals surface area contributed by atoms with Crippen molar-refractivity contribution in [1.82, 2.24) is 20.0 Å². The molecule has 32 heavy (non-hydrogen) atoms. The van der Waals surface area contributed by atoms with Gasteiger partial charge < -0.3 is 9.64 Å². The first kappa shape index (κ1) is 20.0. The molecule has 11 heteroatoms. The average molecular weight is 458 g/mol. The Labute approximate surface area is 188 Å². The number of nitrogens with one attached hydrogen (secondary N) is 1. The topological polar surface area (TPSA) is 122 Å². The number of carbonyl (C=O) groups excluding carboxylic acids is 4. The van der Waals surface area contributed by atoms with Crippen LogP contribution in [-0.2, 0) is 30.3 Å². The molecule has 1 aromatic heterocycles. The first-order chi connectivity index (χ1) is 15.5. The number of morpholine rings is 1. The summed E-state index contributed by atoms with van der Waals surface area (Å²) in [6.07, 6.45) is 5.42. The molecule has 7 rings (SSSR count). The monoisotopic (exact) mass is 457 g/mol. The van der Waals surface area contributed by atoms with Crippen LogP contribution in [0.4, 0.5) is 5.13 Å². The van der Waals surface area contributed by atoms with Crippen LogP contribution in [0.15, 0.2) is 12.2 Å². The van der Waals surface area contributed by atoms with Gasteiger partial charge in [-0.25, -0.2) is 0 Å². The van der Waals surface area contributed by atoms with Crippen LogP contribution in [0.25, 0.3) is 0 Å². The van der Waals surface area contributed by atoms with Gasteiger partial charge in [-0.3, -0.25) is 29.4 Å². The molecule has 4 aliphatic carbocycles. The fourth-order valence-corrected chi connectivity index (χ4v) is 6.65. The molecule has 0 radical (unpaired) electrons. The zero-order chi connectivity index (χ0) is 22.0. The second-order valence-corrected chi connectivity index (χ2v) is 10.2. The Balaban J connectivity index is 1.07. The summed E-state index contributed by atoms with van der Waals surface area (Å²) in [6.45, 7) is 1.84. The van der Waals surface area contributed by atoms with Gasteiger partial charge in [0.2, 0.25) is 28.8 Å². The van der Waals surface area contributed by atoms with Crippen molar-refractivity contribution in [3.05, 3.63) is 17.2 Å². The van der Waals surface area contributed by atoms with Crippen molar-refractivity contribution in [3.8, 4) is 0 Å². The zero-order valence-electron chi connectivity index (χ0n) is 17.3. The summed E-state index contributed by atoms with van der Waals surface area (Å²) in [5.41, 5.74) is 0. The van der Waals surface area contributed by atoms with E-state index in [9.17, 15) is 19.2 Å². The summed E-state index contributed by atoms with van der Waals surface area (Å²) in [5.74, 6) is -0.306. The number of carbonyl (C=O) groups is 4. The minimum Gasteiger partial charge on any atom is -0.378 e. The quantitative estimate of drug-likeness (QED) is 0.485. The fourth-order valence-electron chi connectivity index (χ4n) is 5.91. The van der Waals surface area contributed by atoms with E-state index < -0.39 is 5.91 Å². The van der Waals surface area contributed by atoms with Crippen molar-refractivity contribution in [2.75, 3.05) is 38.2 Å². The highest BCUT2D eigenvalue weighted by Crippen LogP contribution is 2.65. The van der Waals surface area contributed by atoms with E-state index in [1.165, 1.54) is 0 Å². The molecule has 6 aliphatic rings. The van der Waals surface area contributed by atoms with Crippen molar-refractivity contribution in [2.24, 2.45) is 35.5 Å². The molecule has 4 fully saturated rings. The average Bonchev–Trinajstić information content (AvgIpc) is 3.47. The normalized spacial score (nSPS) is 34.5. The number of allylic oxidation sites excluding steroid dienone is 2. The number of rotatable bonds is 5. The minimum absolute atomic E-state index is 0.0560. The van der Waals surface area contributed by atoms with E-state index in [2.05, 4.69) is 27.7 Å². The zero-order valence-corrected chi connectivity index (χ0v) is 18.1. The largest absolute Gasteiger partial charge is 0.378 e. The van der Waals surface area contributed by atoms with Crippen LogP contribution in [0, 0.1) is 35.5 Å². The maximum atomic E-state index is 13.0. The van der Waals surface area contributed by atoms with Gasteiger partial charge >= 0.3 is 0 Å². The van der Waals surface area contributed by atoms with Crippen molar-refractivity contribution in [3.63, 3.8) is 0 Å². The highest BCUT2D eigenvalue weighted by Gasteiger charge is 2.67. The van der Waals surface area contributed by atoms with Crippen molar-refractivity contribution in [1.29, 1.82) is 0 Å². The number of likely N-dealkylation sites (tertiary alicyclic amines) is 1. The van der Waals surface area contributed by atoms with Crippen molar-refractivity contribution >= 4 is 40.1 Å². The first-order valence-corrected chi connectivity index (χ1v) is 11.8. The fraction of sp³-hybridized carbons (Fsp3) is 0.619. The van der Waals surface area contributed by atoms with Gasteiger partial charge in [0, 0.05) is 13.1 Å². The van der Waals surface area contributed by atoms with E-state index in [-0.39, 0.29) is 59.5 Å². The third-order valence-corrected chi connectivity index (χ3v) is 8.27. The van der Waals surface area contributed by atoms with E-state index in [0.717, 1.165) is 22.7 Å². The van der Waals surface area contributed by atoms with E-state index in [0.29, 0.717) is 43.1 Å². The summed E-state index contributed by atoms with van der Waals surface area (Å²) in [4.78, 5) is 53.7. The lowest BCUT2D eigenvalue weighted by Gasteiger charge is -2.37. The number of anilines is 1. The van der Waals surface area contributed by atoms with Gasteiger partial charge in [-0.2, -0.15) is 0 Å². The Bertz CT molecular complexity index is 998. The van der Waals surface area contributed by atoms with Crippen LogP contribution in [0.1, 0.15) is 11.4 Å². The molecule has 3 heterocycles. The molecule has 10 nitrogen and oxygen atoms in total. The molecule has 2 aliphatic heterocycles. The first-order valence-electron chi connectivity index (χ1n) is 11.0. The van der Waals surface area contributed by atoms with E-state index in [4.69, 9.17) is 4.74 Å². The van der Waals surface area contributed by atoms with Gasteiger partial charge in [0.1, 0.15) is 11.6 Å². The summed E-state index contributed by atoms with van der Waals surface area (Å²) in [5, 5.41) is 11.3. The van der Waals surface area contributed by atoms with E-state index in [1.54, 1.807) is 4.90 Å². The molecular formula is C21H23N5O5S. The Morgan fingerprint density at radius 3 is 2.38 bits per heavy atom. The summed E-state index contributed by atoms with van der Waals surface area (Å²) >= 11 is 1.12. The van der Waals surface area contributed by atoms with Crippen LogP contribution < -0.4 is 5.32 Å². The van der Waals surface area contributed by atoms with Gasteiger partial charge in [-0.15, -0.1) is 10.2 Å². The Morgan fingerprint density at radius 1 is 1.06 bits per heavy atom. The smallest absolute Gasteiger partial charge is 0.246 e. The number of hydrogen-bond donors (Lipinski definition) is 1. The highest BCUT2D eigenvalue weighted by atomic mass is 32.1. The number of hydrogen-bond acceptors (Lipinski definition) is 8. The van der Waals surface area contributed by atoms with Gasteiger partial charge in [0.25, 0.3) is 0 Å². The van der Waals surface area contributed by atoms with Crippen LogP contribution in [-0.4, -0.2) is 76.5 Å². The van der Waals surface area contributed by atoms with Crippen molar-refractivity contribution < 1.29 is 23.9 Å². The maximum Gasteiger partial charge on any atom is 0.246 e. The lowest BCUT2D eigenvalue weighted by atomic mass is 9.63. The van der Waals surface area contributed by atoms with Crippen LogP contribution >= 0.6 is 11.3 Å². The number of ether oxygens (including phenoxy) is 1. The van der Waals surface area contributed by atoms with Gasteiger partial charge in [-0.05, 0) is 30.1 Å². The number of nitrogens with zero attached hydrogens (tertiary/aromatic N) is 4. The SMILES string of the molecule is O=C(CN1C(=O)[C@@H]2[C@H]3C=C[C@@H]([C@@H]4C[C@@H]34)[C@@H]2C1=O)Nc1nnc(CC(=O)N2CCOCC2)s1. The molecule has 168 valence electrons. The Morgan fingerprint density at radius 2 is 1.72 bits per heavy atom. The molecular weight excluding hydrogens is 434 g/mol. The third-order valence-electron chi connectivity index (χ3n) is 7.44. The minimum atomic E-state index is -0.488. The summed E-state index contributed by atoms with van der Waals surface area (Å²) in [7, 11) is 0. The Hall–Kier alpha value is -2.66. The van der Waals surface area contributed by atoms with Gasteiger partial charge in [0.15, 0.2) is 0 Å². The lowest BCUT2D eigenvalue weighted by molar-refractivity contribution is -0.143. The molecule has 0 aromatic carbocycles. The van der Waals surface area contributed by atoms with Gasteiger partial charge in [0.05, 0.1) is 31.5 Å². The molecule has 2 bridgehead atoms. The lowest BCUT2D eigenvalue weighted by Crippen LogP contribution is -2.41. The number of imide groups is 1. The number of amides is 4. The maximum absolute atomic E-state index is 13.0. The number of aromatic nitrogens is 2. The van der Waals surface area contributed by atoms with Gasteiger partial charge in [-0.1, -0.05) is 23.5 Å². The van der Waals surface area contributed by atoms with Crippen LogP contribution in [0.3, 0.4) is 0 Å². The highest BCUT2D eigenvalue weighted by molar-refractivity contribution is 7.15. The molecule has 1 N–H and O–H groups in total. The standard InChI is InChI=1S/C21H23N5O5S/c27-14(22-21-24-23-15(32-21)8-16(28)25-3-5-31-6-4-25)9-26-19(29)17-10-1-2-11(13-7-12(10)13)18(17)20(26)30/h1-2,10-13,17-18H,3-9H2,(H,22,24,27)/t10-,11-,12-,13-,17-,18+/m0/s1. The third kappa shape index (κ3) is 3.17. The predicted molar refractivity (Wildman–Crippen MR) is 111 cm³/mol. The molecule has 0 unspecified atom stereocenters. The van der Waals surface area contributed by atoms with E-state index >= 15 is 0 Å². The molecule has 1 aromatic rings. The van der Waals surface area contributed by atoms with Crippen molar-refractivity contribution in [2.45, 2.75) is 12.8 Å². The molecule has 2 saturated carbocycles. The second-order valence-electron chi connectivity index (χ2n) is 9.14. The van der Waals surface area contributed by atoms with Crippen LogP contribution in [0.2, 0.25) is 0 Å². The summed E-state index contributed by atoms with van der Waals surface area (Å²) in [6, 6.07) is 0.